The number of nitro groups is 1. The highest BCUT2D eigenvalue weighted by atomic mass is 32.2. The number of nitrogens with zero attached hydrogens (tertiary/aromatic N) is 2. The largest absolute Gasteiger partial charge is 0.452 e. The molecule has 3 rings (SSSR count). The van der Waals surface area contributed by atoms with Gasteiger partial charge in [-0.05, 0) is 31.0 Å². The number of carbonyl (C=O) groups excluding carboxylic acids is 2. The van der Waals surface area contributed by atoms with Crippen LogP contribution in [0.1, 0.15) is 23.2 Å². The van der Waals surface area contributed by atoms with E-state index in [0.29, 0.717) is 18.8 Å². The Labute approximate surface area is 180 Å². The van der Waals surface area contributed by atoms with E-state index in [0.717, 1.165) is 18.9 Å². The van der Waals surface area contributed by atoms with Crippen LogP contribution in [-0.2, 0) is 9.53 Å². The standard InChI is InChI=1S/C20H19F2N3O5S/c21-20(22)31-17-6-2-1-5-15(17)23-18(26)12-30-19(27)14-11-13(25(28)29)7-8-16(14)24-9-3-4-10-24/h1-2,5-8,11,20H,3-4,9-10,12H2,(H,23,26). The molecule has 8 nitrogen and oxygen atoms in total. The van der Waals surface area contributed by atoms with Crippen molar-refractivity contribution in [3.05, 3.63) is 58.1 Å². The predicted octanol–water partition coefficient (Wildman–Crippen LogP) is 4.31. The fourth-order valence-electron chi connectivity index (χ4n) is 3.20. The lowest BCUT2D eigenvalue weighted by atomic mass is 10.1. The number of non-ortho nitro benzene ring substituents is 1. The zero-order chi connectivity index (χ0) is 22.4. The number of halogens is 2. The molecule has 1 aliphatic heterocycles. The van der Waals surface area contributed by atoms with Gasteiger partial charge in [0.1, 0.15) is 0 Å². The van der Waals surface area contributed by atoms with Gasteiger partial charge in [0.05, 0.1) is 21.9 Å². The molecule has 0 unspecified atom stereocenters. The first-order chi connectivity index (χ1) is 14.8. The van der Waals surface area contributed by atoms with E-state index in [4.69, 9.17) is 4.74 Å². The number of anilines is 2. The van der Waals surface area contributed by atoms with Crippen molar-refractivity contribution in [3.63, 3.8) is 0 Å². The minimum Gasteiger partial charge on any atom is -0.452 e. The SMILES string of the molecule is O=C(COC(=O)c1cc([N+](=O)[O-])ccc1N1CCCC1)Nc1ccccc1SC(F)F. The Hall–Kier alpha value is -3.21. The third-order valence-corrected chi connectivity index (χ3v) is 5.36. The maximum Gasteiger partial charge on any atom is 0.341 e. The Kier molecular flexibility index (Phi) is 7.40. The topological polar surface area (TPSA) is 102 Å². The van der Waals surface area contributed by atoms with E-state index in [-0.39, 0.29) is 33.6 Å². The molecule has 11 heteroatoms. The van der Waals surface area contributed by atoms with Crippen molar-refractivity contribution in [1.29, 1.82) is 0 Å². The zero-order valence-corrected chi connectivity index (χ0v) is 17.1. The number of hydrogen-bond acceptors (Lipinski definition) is 7. The Morgan fingerprint density at radius 3 is 2.58 bits per heavy atom. The van der Waals surface area contributed by atoms with Crippen molar-refractivity contribution in [2.24, 2.45) is 0 Å². The van der Waals surface area contributed by atoms with Crippen LogP contribution in [0, 0.1) is 10.1 Å². The van der Waals surface area contributed by atoms with Crippen LogP contribution in [0.4, 0.5) is 25.8 Å². The number of thioether (sulfide) groups is 1. The van der Waals surface area contributed by atoms with Gasteiger partial charge in [-0.2, -0.15) is 8.78 Å². The van der Waals surface area contributed by atoms with Crippen LogP contribution in [0.15, 0.2) is 47.4 Å². The third kappa shape index (κ3) is 5.91. The molecule has 2 aromatic rings. The van der Waals surface area contributed by atoms with Crippen LogP contribution in [0.2, 0.25) is 0 Å². The van der Waals surface area contributed by atoms with Crippen LogP contribution < -0.4 is 10.2 Å². The lowest BCUT2D eigenvalue weighted by Gasteiger charge is -2.20. The molecule has 0 atom stereocenters. The minimum atomic E-state index is -2.66. The number of rotatable bonds is 8. The molecule has 1 saturated heterocycles. The molecule has 0 bridgehead atoms. The average molecular weight is 451 g/mol. The average Bonchev–Trinajstić information content (AvgIpc) is 3.27. The fourth-order valence-corrected chi connectivity index (χ4v) is 3.79. The molecule has 0 radical (unpaired) electrons. The summed E-state index contributed by atoms with van der Waals surface area (Å²) < 4.78 is 30.4. The number of hydrogen-bond donors (Lipinski definition) is 1. The molecule has 0 aromatic heterocycles. The number of benzene rings is 2. The second-order valence-corrected chi connectivity index (χ2v) is 7.68. The third-order valence-electron chi connectivity index (χ3n) is 4.57. The highest BCUT2D eigenvalue weighted by molar-refractivity contribution is 7.99. The number of para-hydroxylation sites is 1. The summed E-state index contributed by atoms with van der Waals surface area (Å²) in [7, 11) is 0. The molecule has 1 N–H and O–H groups in total. The Morgan fingerprint density at radius 1 is 1.19 bits per heavy atom. The van der Waals surface area contributed by atoms with E-state index in [2.05, 4.69) is 5.32 Å². The molecule has 1 aliphatic rings. The van der Waals surface area contributed by atoms with Gasteiger partial charge in [-0.3, -0.25) is 14.9 Å². The molecule has 164 valence electrons. The number of alkyl halides is 2. The molecule has 1 fully saturated rings. The van der Waals surface area contributed by atoms with E-state index >= 15 is 0 Å². The van der Waals surface area contributed by atoms with E-state index < -0.39 is 29.2 Å². The number of ether oxygens (including phenoxy) is 1. The van der Waals surface area contributed by atoms with Gasteiger partial charge in [-0.25, -0.2) is 4.79 Å². The molecular formula is C20H19F2N3O5S. The lowest BCUT2D eigenvalue weighted by Crippen LogP contribution is -2.24. The van der Waals surface area contributed by atoms with E-state index in [1.807, 2.05) is 4.90 Å². The molecule has 1 heterocycles. The highest BCUT2D eigenvalue weighted by Gasteiger charge is 2.24. The second kappa shape index (κ2) is 10.2. The number of esters is 1. The summed E-state index contributed by atoms with van der Waals surface area (Å²) in [6.45, 7) is 0.739. The van der Waals surface area contributed by atoms with Crippen LogP contribution >= 0.6 is 11.8 Å². The van der Waals surface area contributed by atoms with Gasteiger partial charge in [-0.1, -0.05) is 23.9 Å². The number of nitro benzene ring substituents is 1. The highest BCUT2D eigenvalue weighted by Crippen LogP contribution is 2.32. The summed E-state index contributed by atoms with van der Waals surface area (Å²) in [5.41, 5.74) is 0.406. The first-order valence-electron chi connectivity index (χ1n) is 9.39. The van der Waals surface area contributed by atoms with E-state index in [1.165, 1.54) is 24.3 Å². The van der Waals surface area contributed by atoms with Gasteiger partial charge in [-0.15, -0.1) is 0 Å². The Balaban J connectivity index is 1.70. The van der Waals surface area contributed by atoms with Crippen LogP contribution in [0.25, 0.3) is 0 Å². The fraction of sp³-hybridized carbons (Fsp3) is 0.300. The summed E-state index contributed by atoms with van der Waals surface area (Å²) in [5.74, 6) is -4.26. The van der Waals surface area contributed by atoms with Crippen molar-refractivity contribution in [3.8, 4) is 0 Å². The van der Waals surface area contributed by atoms with Crippen LogP contribution in [-0.4, -0.2) is 42.3 Å². The molecule has 31 heavy (non-hydrogen) atoms. The van der Waals surface area contributed by atoms with Gasteiger partial charge >= 0.3 is 5.97 Å². The lowest BCUT2D eigenvalue weighted by molar-refractivity contribution is -0.384. The summed E-state index contributed by atoms with van der Waals surface area (Å²) in [5, 5.41) is 13.5. The number of carbonyl (C=O) groups is 2. The summed E-state index contributed by atoms with van der Waals surface area (Å²) in [6, 6.07) is 9.96. The maximum atomic E-state index is 12.7. The van der Waals surface area contributed by atoms with Crippen molar-refractivity contribution in [2.45, 2.75) is 23.5 Å². The molecule has 1 amide bonds. The summed E-state index contributed by atoms with van der Waals surface area (Å²) in [6.07, 6.45) is 1.87. The number of nitrogens with one attached hydrogen (secondary N) is 1. The van der Waals surface area contributed by atoms with E-state index in [9.17, 15) is 28.5 Å². The minimum absolute atomic E-state index is 0.00226. The smallest absolute Gasteiger partial charge is 0.341 e. The molecule has 0 aliphatic carbocycles. The van der Waals surface area contributed by atoms with Crippen molar-refractivity contribution < 1.29 is 28.0 Å². The molecule has 2 aromatic carbocycles. The molecule has 0 saturated carbocycles. The van der Waals surface area contributed by atoms with E-state index in [1.54, 1.807) is 12.1 Å². The quantitative estimate of drug-likeness (QED) is 0.276. The predicted molar refractivity (Wildman–Crippen MR) is 112 cm³/mol. The van der Waals surface area contributed by atoms with Crippen LogP contribution in [0.5, 0.6) is 0 Å². The van der Waals surface area contributed by atoms with Gasteiger partial charge in [0, 0.05) is 30.1 Å². The van der Waals surface area contributed by atoms with Gasteiger partial charge in [0.2, 0.25) is 0 Å². The van der Waals surface area contributed by atoms with Crippen molar-refractivity contribution >= 4 is 40.7 Å². The van der Waals surface area contributed by atoms with Gasteiger partial charge in [0.15, 0.2) is 6.61 Å². The molecule has 0 spiro atoms. The van der Waals surface area contributed by atoms with Crippen molar-refractivity contribution in [2.75, 3.05) is 29.9 Å². The molecular weight excluding hydrogens is 432 g/mol. The first kappa shape index (κ1) is 22.5. The monoisotopic (exact) mass is 451 g/mol. The number of amides is 1. The Bertz CT molecular complexity index is 983. The Morgan fingerprint density at radius 2 is 1.90 bits per heavy atom. The summed E-state index contributed by atoms with van der Waals surface area (Å²) >= 11 is 0.283. The maximum absolute atomic E-state index is 12.7. The summed E-state index contributed by atoms with van der Waals surface area (Å²) in [4.78, 5) is 37.4. The van der Waals surface area contributed by atoms with Gasteiger partial charge in [0.25, 0.3) is 17.4 Å². The van der Waals surface area contributed by atoms with Gasteiger partial charge < -0.3 is 15.0 Å². The normalized spacial score (nSPS) is 13.3. The first-order valence-corrected chi connectivity index (χ1v) is 10.3. The van der Waals surface area contributed by atoms with Crippen LogP contribution in [0.3, 0.4) is 0 Å². The zero-order valence-electron chi connectivity index (χ0n) is 16.3. The second-order valence-electron chi connectivity index (χ2n) is 6.65. The van der Waals surface area contributed by atoms with Crippen molar-refractivity contribution in [1.82, 2.24) is 0 Å².